The highest BCUT2D eigenvalue weighted by atomic mass is 16.5. The van der Waals surface area contributed by atoms with Gasteiger partial charge in [-0.2, -0.15) is 0 Å². The van der Waals surface area contributed by atoms with Crippen molar-refractivity contribution in [2.75, 3.05) is 10.6 Å². The standard InChI is InChI=1S/C25H26N2O3/c1-16-9-14-23(18(3)15-16)27-25(29)20-10-12-21(13-11-20)30-19(4)24(28)26-22-8-6-5-7-17(22)2/h5-15,19H,1-4H3,(H,26,28)(H,27,29)/t19-/m1/s1. The highest BCUT2D eigenvalue weighted by molar-refractivity contribution is 6.04. The average molecular weight is 402 g/mol. The summed E-state index contributed by atoms with van der Waals surface area (Å²) in [6.45, 7) is 7.60. The number of carbonyl (C=O) groups excluding carboxylic acids is 2. The van der Waals surface area contributed by atoms with Gasteiger partial charge in [0.15, 0.2) is 6.10 Å². The molecule has 0 bridgehead atoms. The van der Waals surface area contributed by atoms with Crippen LogP contribution in [0.3, 0.4) is 0 Å². The number of anilines is 2. The van der Waals surface area contributed by atoms with Gasteiger partial charge in [0.25, 0.3) is 11.8 Å². The monoisotopic (exact) mass is 402 g/mol. The Morgan fingerprint density at radius 2 is 1.47 bits per heavy atom. The maximum atomic E-state index is 12.5. The van der Waals surface area contributed by atoms with Gasteiger partial charge in [-0.15, -0.1) is 0 Å². The third-order valence-corrected chi connectivity index (χ3v) is 4.83. The molecule has 0 unspecified atom stereocenters. The topological polar surface area (TPSA) is 67.4 Å². The van der Waals surface area contributed by atoms with Gasteiger partial charge < -0.3 is 15.4 Å². The van der Waals surface area contributed by atoms with Crippen molar-refractivity contribution in [3.05, 3.63) is 89.0 Å². The molecule has 0 aliphatic carbocycles. The molecule has 0 saturated heterocycles. The van der Waals surface area contributed by atoms with Crippen LogP contribution in [0.5, 0.6) is 5.75 Å². The molecule has 3 aromatic carbocycles. The molecule has 2 amide bonds. The molecule has 0 saturated carbocycles. The lowest BCUT2D eigenvalue weighted by Gasteiger charge is -2.16. The Morgan fingerprint density at radius 3 is 2.13 bits per heavy atom. The fraction of sp³-hybridized carbons (Fsp3) is 0.200. The number of benzene rings is 3. The molecule has 2 N–H and O–H groups in total. The first-order chi connectivity index (χ1) is 14.3. The van der Waals surface area contributed by atoms with Crippen LogP contribution in [-0.2, 0) is 4.79 Å². The molecule has 0 radical (unpaired) electrons. The molecule has 3 aromatic rings. The van der Waals surface area contributed by atoms with Crippen molar-refractivity contribution in [2.24, 2.45) is 0 Å². The maximum absolute atomic E-state index is 12.5. The zero-order chi connectivity index (χ0) is 21.7. The summed E-state index contributed by atoms with van der Waals surface area (Å²) < 4.78 is 5.73. The highest BCUT2D eigenvalue weighted by Crippen LogP contribution is 2.19. The van der Waals surface area contributed by atoms with Crippen LogP contribution in [0.4, 0.5) is 11.4 Å². The predicted molar refractivity (Wildman–Crippen MR) is 120 cm³/mol. The van der Waals surface area contributed by atoms with Crippen molar-refractivity contribution in [3.63, 3.8) is 0 Å². The minimum absolute atomic E-state index is 0.196. The molecule has 0 heterocycles. The zero-order valence-corrected chi connectivity index (χ0v) is 17.7. The van der Waals surface area contributed by atoms with Gasteiger partial charge in [-0.1, -0.05) is 35.9 Å². The molecule has 0 fully saturated rings. The van der Waals surface area contributed by atoms with Crippen molar-refractivity contribution in [3.8, 4) is 5.75 Å². The second-order valence-corrected chi connectivity index (χ2v) is 7.36. The Bertz CT molecular complexity index is 1060. The summed E-state index contributed by atoms with van der Waals surface area (Å²) in [6.07, 6.45) is -0.681. The first kappa shape index (κ1) is 21.1. The van der Waals surface area contributed by atoms with Crippen LogP contribution >= 0.6 is 0 Å². The van der Waals surface area contributed by atoms with Crippen molar-refractivity contribution < 1.29 is 14.3 Å². The van der Waals surface area contributed by atoms with E-state index in [-0.39, 0.29) is 11.8 Å². The molecule has 154 valence electrons. The highest BCUT2D eigenvalue weighted by Gasteiger charge is 2.16. The second-order valence-electron chi connectivity index (χ2n) is 7.36. The molecule has 0 aromatic heterocycles. The Balaban J connectivity index is 1.60. The fourth-order valence-corrected chi connectivity index (χ4v) is 3.04. The van der Waals surface area contributed by atoms with Crippen LogP contribution in [0.2, 0.25) is 0 Å². The maximum Gasteiger partial charge on any atom is 0.265 e. The minimum Gasteiger partial charge on any atom is -0.481 e. The molecular weight excluding hydrogens is 376 g/mol. The van der Waals surface area contributed by atoms with Crippen molar-refractivity contribution in [1.82, 2.24) is 0 Å². The fourth-order valence-electron chi connectivity index (χ4n) is 3.04. The number of carbonyl (C=O) groups is 2. The molecule has 3 rings (SSSR count). The first-order valence-electron chi connectivity index (χ1n) is 9.85. The number of rotatable bonds is 6. The van der Waals surface area contributed by atoms with Gasteiger partial charge in [-0.3, -0.25) is 9.59 Å². The lowest BCUT2D eigenvalue weighted by Crippen LogP contribution is -2.30. The average Bonchev–Trinajstić information content (AvgIpc) is 2.72. The molecule has 1 atom stereocenters. The Morgan fingerprint density at radius 1 is 0.800 bits per heavy atom. The van der Waals surface area contributed by atoms with E-state index in [1.165, 1.54) is 0 Å². The SMILES string of the molecule is Cc1ccc(NC(=O)c2ccc(O[C@H](C)C(=O)Nc3ccccc3C)cc2)c(C)c1. The van der Waals surface area contributed by atoms with Gasteiger partial charge in [0.1, 0.15) is 5.75 Å². The van der Waals surface area contributed by atoms with Crippen molar-refractivity contribution in [2.45, 2.75) is 33.8 Å². The summed E-state index contributed by atoms with van der Waals surface area (Å²) in [5, 5.41) is 5.79. The van der Waals surface area contributed by atoms with E-state index in [4.69, 9.17) is 4.74 Å². The summed E-state index contributed by atoms with van der Waals surface area (Å²) >= 11 is 0. The summed E-state index contributed by atoms with van der Waals surface area (Å²) in [4.78, 5) is 24.9. The van der Waals surface area contributed by atoms with Gasteiger partial charge in [0, 0.05) is 16.9 Å². The van der Waals surface area contributed by atoms with E-state index in [0.29, 0.717) is 11.3 Å². The predicted octanol–water partition coefficient (Wildman–Crippen LogP) is 5.27. The minimum atomic E-state index is -0.681. The van der Waals surface area contributed by atoms with Gasteiger partial charge >= 0.3 is 0 Å². The Hall–Kier alpha value is -3.60. The number of hydrogen-bond acceptors (Lipinski definition) is 3. The number of para-hydroxylation sites is 1. The molecule has 0 spiro atoms. The third kappa shape index (κ3) is 5.26. The van der Waals surface area contributed by atoms with E-state index in [1.807, 2.05) is 63.2 Å². The second kappa shape index (κ2) is 9.27. The third-order valence-electron chi connectivity index (χ3n) is 4.83. The lowest BCUT2D eigenvalue weighted by molar-refractivity contribution is -0.122. The molecule has 0 aliphatic rings. The van der Waals surface area contributed by atoms with Crippen molar-refractivity contribution >= 4 is 23.2 Å². The smallest absolute Gasteiger partial charge is 0.265 e. The molecule has 5 heteroatoms. The molecular formula is C25H26N2O3. The van der Waals surface area contributed by atoms with Crippen LogP contribution in [0, 0.1) is 20.8 Å². The van der Waals surface area contributed by atoms with E-state index in [0.717, 1.165) is 28.1 Å². The number of nitrogens with one attached hydrogen (secondary N) is 2. The molecule has 30 heavy (non-hydrogen) atoms. The van der Waals surface area contributed by atoms with Gasteiger partial charge in [-0.05, 0) is 75.2 Å². The van der Waals surface area contributed by atoms with E-state index in [9.17, 15) is 9.59 Å². The van der Waals surface area contributed by atoms with Crippen LogP contribution < -0.4 is 15.4 Å². The summed E-state index contributed by atoms with van der Waals surface area (Å²) in [5.41, 5.74) is 5.20. The Kier molecular flexibility index (Phi) is 6.52. The number of hydrogen-bond donors (Lipinski definition) is 2. The van der Waals surface area contributed by atoms with E-state index >= 15 is 0 Å². The van der Waals surface area contributed by atoms with Gasteiger partial charge in [-0.25, -0.2) is 0 Å². The van der Waals surface area contributed by atoms with E-state index in [1.54, 1.807) is 31.2 Å². The van der Waals surface area contributed by atoms with Crippen molar-refractivity contribution in [1.29, 1.82) is 0 Å². The number of aryl methyl sites for hydroxylation is 3. The number of amides is 2. The molecule has 5 nitrogen and oxygen atoms in total. The molecule has 0 aliphatic heterocycles. The van der Waals surface area contributed by atoms with Crippen LogP contribution in [0.25, 0.3) is 0 Å². The Labute approximate surface area is 177 Å². The van der Waals surface area contributed by atoms with Crippen LogP contribution in [0.1, 0.15) is 34.0 Å². The van der Waals surface area contributed by atoms with Crippen LogP contribution in [0.15, 0.2) is 66.7 Å². The van der Waals surface area contributed by atoms with E-state index < -0.39 is 6.10 Å². The lowest BCUT2D eigenvalue weighted by atomic mass is 10.1. The summed E-state index contributed by atoms with van der Waals surface area (Å²) in [5.74, 6) is 0.0883. The quantitative estimate of drug-likeness (QED) is 0.590. The summed E-state index contributed by atoms with van der Waals surface area (Å²) in [6, 6.07) is 20.2. The first-order valence-corrected chi connectivity index (χ1v) is 9.85. The zero-order valence-electron chi connectivity index (χ0n) is 17.7. The van der Waals surface area contributed by atoms with E-state index in [2.05, 4.69) is 10.6 Å². The normalized spacial score (nSPS) is 11.5. The number of ether oxygens (including phenoxy) is 1. The van der Waals surface area contributed by atoms with Gasteiger partial charge in [0.2, 0.25) is 0 Å². The summed E-state index contributed by atoms with van der Waals surface area (Å²) in [7, 11) is 0. The van der Waals surface area contributed by atoms with Gasteiger partial charge in [0.05, 0.1) is 0 Å². The van der Waals surface area contributed by atoms with Crippen LogP contribution in [-0.4, -0.2) is 17.9 Å². The largest absolute Gasteiger partial charge is 0.481 e.